The van der Waals surface area contributed by atoms with E-state index in [2.05, 4.69) is 33.6 Å². The summed E-state index contributed by atoms with van der Waals surface area (Å²) in [5.41, 5.74) is 1.27. The highest BCUT2D eigenvalue weighted by atomic mass is 19.4. The van der Waals surface area contributed by atoms with Crippen molar-refractivity contribution >= 4 is 11.8 Å². The van der Waals surface area contributed by atoms with Crippen molar-refractivity contribution in [3.05, 3.63) is 59.5 Å². The zero-order valence-corrected chi connectivity index (χ0v) is 22.1. The van der Waals surface area contributed by atoms with Gasteiger partial charge in [-0.1, -0.05) is 31.1 Å². The summed E-state index contributed by atoms with van der Waals surface area (Å²) in [4.78, 5) is 18.0. The van der Waals surface area contributed by atoms with Crippen LogP contribution in [0.15, 0.2) is 47.1 Å². The molecular formula is C29H30F3N3O5. The number of carbonyl (C=O) groups is 1. The maximum atomic E-state index is 13.1. The molecule has 3 fully saturated rings. The third-order valence-electron chi connectivity index (χ3n) is 8.63. The number of alkyl halides is 3. The number of aromatic carboxylic acids is 1. The molecule has 3 aliphatic rings. The van der Waals surface area contributed by atoms with Gasteiger partial charge in [-0.3, -0.25) is 0 Å². The van der Waals surface area contributed by atoms with Crippen molar-refractivity contribution in [2.75, 3.05) is 4.90 Å². The lowest BCUT2D eigenvalue weighted by Crippen LogP contribution is -2.36. The first kappa shape index (κ1) is 26.6. The van der Waals surface area contributed by atoms with Crippen LogP contribution in [0.2, 0.25) is 0 Å². The summed E-state index contributed by atoms with van der Waals surface area (Å²) in [6.45, 7) is 4.52. The van der Waals surface area contributed by atoms with E-state index >= 15 is 0 Å². The minimum atomic E-state index is -4.83. The van der Waals surface area contributed by atoms with E-state index in [0.29, 0.717) is 17.0 Å². The second-order valence-corrected chi connectivity index (χ2v) is 10.9. The third kappa shape index (κ3) is 4.70. The first-order chi connectivity index (χ1) is 19.1. The summed E-state index contributed by atoms with van der Waals surface area (Å²) in [6.07, 6.45) is 0.828. The average Bonchev–Trinajstić information content (AvgIpc) is 3.83. The molecule has 1 N–H and O–H groups in total. The highest BCUT2D eigenvalue weighted by Gasteiger charge is 2.67. The number of benzene rings is 1. The zero-order chi connectivity index (χ0) is 28.2. The normalized spacial score (nSPS) is 25.9. The van der Waals surface area contributed by atoms with Crippen LogP contribution < -0.4 is 9.64 Å². The smallest absolute Gasteiger partial charge is 0.478 e. The van der Waals surface area contributed by atoms with Gasteiger partial charge in [-0.15, -0.1) is 13.2 Å². The topological polar surface area (TPSA) is 97.7 Å². The molecule has 1 aromatic carbocycles. The lowest BCUT2D eigenvalue weighted by atomic mass is 9.77. The van der Waals surface area contributed by atoms with Gasteiger partial charge in [-0.05, 0) is 62.3 Å². The molecule has 0 bridgehead atoms. The number of halogens is 3. The van der Waals surface area contributed by atoms with Gasteiger partial charge in [0.25, 0.3) is 0 Å². The number of hydrogen-bond donors (Lipinski definition) is 1. The number of anilines is 1. The Morgan fingerprint density at radius 1 is 1.20 bits per heavy atom. The van der Waals surface area contributed by atoms with Gasteiger partial charge in [0.1, 0.15) is 23.0 Å². The molecule has 4 atom stereocenters. The number of fused-ring (bicyclic) bond motifs is 1. The molecule has 0 spiro atoms. The molecule has 2 aliphatic carbocycles. The number of carboxylic acid groups (broad SMARTS) is 1. The van der Waals surface area contributed by atoms with Crippen molar-refractivity contribution in [1.29, 1.82) is 0 Å². The Morgan fingerprint density at radius 3 is 2.62 bits per heavy atom. The third-order valence-corrected chi connectivity index (χ3v) is 8.63. The summed E-state index contributed by atoms with van der Waals surface area (Å²) in [7, 11) is 0. The second kappa shape index (κ2) is 9.79. The van der Waals surface area contributed by atoms with E-state index in [9.17, 15) is 23.1 Å². The molecule has 40 heavy (non-hydrogen) atoms. The van der Waals surface area contributed by atoms with Crippen molar-refractivity contribution in [3.8, 4) is 17.0 Å². The predicted octanol–water partition coefficient (Wildman–Crippen LogP) is 6.56. The van der Waals surface area contributed by atoms with Crippen LogP contribution in [0, 0.1) is 5.92 Å². The number of carboxylic acids is 1. The van der Waals surface area contributed by atoms with E-state index < -0.39 is 12.3 Å². The summed E-state index contributed by atoms with van der Waals surface area (Å²) in [5.74, 6) is 0.545. The largest absolute Gasteiger partial charge is 0.573 e. The second-order valence-electron chi connectivity index (χ2n) is 10.9. The van der Waals surface area contributed by atoms with Crippen LogP contribution >= 0.6 is 0 Å². The van der Waals surface area contributed by atoms with Crippen molar-refractivity contribution in [3.63, 3.8) is 0 Å². The quantitative estimate of drug-likeness (QED) is 0.295. The summed E-state index contributed by atoms with van der Waals surface area (Å²) in [5, 5.41) is 13.4. The number of hydrogen-bond acceptors (Lipinski definition) is 7. The van der Waals surface area contributed by atoms with Gasteiger partial charge in [-0.25, -0.2) is 9.78 Å². The van der Waals surface area contributed by atoms with Gasteiger partial charge in [0.05, 0.1) is 29.9 Å². The molecule has 11 heteroatoms. The number of rotatable bonds is 9. The molecule has 1 aliphatic heterocycles. The van der Waals surface area contributed by atoms with E-state index in [1.165, 1.54) is 18.3 Å². The Bertz CT molecular complexity index is 1400. The molecule has 212 valence electrons. The van der Waals surface area contributed by atoms with Crippen molar-refractivity contribution in [1.82, 2.24) is 10.1 Å². The fourth-order valence-electron chi connectivity index (χ4n) is 6.56. The lowest BCUT2D eigenvalue weighted by Gasteiger charge is -2.31. The van der Waals surface area contributed by atoms with Gasteiger partial charge in [0.2, 0.25) is 0 Å². The number of aromatic nitrogens is 2. The number of ether oxygens (including phenoxy) is 2. The van der Waals surface area contributed by atoms with Crippen molar-refractivity contribution in [2.24, 2.45) is 5.92 Å². The van der Waals surface area contributed by atoms with Crippen molar-refractivity contribution < 1.29 is 37.1 Å². The van der Waals surface area contributed by atoms with Crippen LogP contribution in [0.5, 0.6) is 5.75 Å². The first-order valence-corrected chi connectivity index (χ1v) is 13.6. The molecule has 8 nitrogen and oxygen atoms in total. The Kier molecular flexibility index (Phi) is 6.52. The van der Waals surface area contributed by atoms with E-state index in [-0.39, 0.29) is 53.0 Å². The molecule has 1 saturated heterocycles. The molecule has 6 rings (SSSR count). The molecule has 0 radical (unpaired) electrons. The first-order valence-electron chi connectivity index (χ1n) is 13.6. The Morgan fingerprint density at radius 2 is 1.98 bits per heavy atom. The maximum absolute atomic E-state index is 13.1. The highest BCUT2D eigenvalue weighted by Crippen LogP contribution is 2.58. The van der Waals surface area contributed by atoms with Crippen LogP contribution in [0.1, 0.15) is 73.6 Å². The minimum Gasteiger partial charge on any atom is -0.478 e. The molecule has 2 aromatic heterocycles. The van der Waals surface area contributed by atoms with Crippen LogP contribution in [0.25, 0.3) is 11.3 Å². The van der Waals surface area contributed by atoms with Gasteiger partial charge in [0, 0.05) is 23.2 Å². The molecular weight excluding hydrogens is 527 g/mol. The van der Waals surface area contributed by atoms with Gasteiger partial charge >= 0.3 is 12.3 Å². The monoisotopic (exact) mass is 557 g/mol. The van der Waals surface area contributed by atoms with Gasteiger partial charge in [-0.2, -0.15) is 0 Å². The number of nitrogens with zero attached hydrogens (tertiary/aromatic N) is 3. The molecule has 3 aromatic rings. The fourth-order valence-corrected chi connectivity index (χ4v) is 6.56. The fraction of sp³-hybridized carbons (Fsp3) is 0.483. The van der Waals surface area contributed by atoms with Crippen LogP contribution in [0.4, 0.5) is 19.0 Å². The SMILES string of the molecule is CCC12C(C)C[C@@H](OCc3c(-c4ccccc4OC(F)(F)F)noc3C3CC3)CC1N2c1ccc(C(=O)O)cn1. The van der Waals surface area contributed by atoms with Gasteiger partial charge in [0.15, 0.2) is 0 Å². The van der Waals surface area contributed by atoms with E-state index in [1.807, 2.05) is 0 Å². The van der Waals surface area contributed by atoms with E-state index in [0.717, 1.165) is 37.9 Å². The van der Waals surface area contributed by atoms with Crippen molar-refractivity contribution in [2.45, 2.75) is 82.5 Å². The molecule has 0 amide bonds. The van der Waals surface area contributed by atoms with Crippen LogP contribution in [-0.4, -0.2) is 45.3 Å². The van der Waals surface area contributed by atoms with Crippen LogP contribution in [0.3, 0.4) is 0 Å². The lowest BCUT2D eigenvalue weighted by molar-refractivity contribution is -0.274. The zero-order valence-electron chi connectivity index (χ0n) is 22.1. The number of para-hydroxylation sites is 1. The standard InChI is InChI=1S/C29H30F3N3O5/c1-3-28-16(2)12-19(13-23(28)35(28)24-11-10-18(14-33-24)27(36)37)38-15-21-25(34-40-26(21)17-8-9-17)20-6-4-5-7-22(20)39-29(30,31)32/h4-7,10-11,14,16-17,19,23H,3,8-9,12-13,15H2,1-2H3,(H,36,37)/t16?,19-,23?,28?,35?/m1/s1. The Hall–Kier alpha value is -3.60. The molecule has 2 saturated carbocycles. The Balaban J connectivity index is 1.22. The molecule has 3 heterocycles. The highest BCUT2D eigenvalue weighted by molar-refractivity contribution is 5.87. The number of pyridine rings is 1. The summed E-state index contributed by atoms with van der Waals surface area (Å²) >= 11 is 0. The Labute approximate surface area is 229 Å². The average molecular weight is 558 g/mol. The summed E-state index contributed by atoms with van der Waals surface area (Å²) < 4.78 is 55.7. The van der Waals surface area contributed by atoms with Gasteiger partial charge < -0.3 is 24.0 Å². The van der Waals surface area contributed by atoms with E-state index in [1.54, 1.807) is 24.3 Å². The minimum absolute atomic E-state index is 0.0625. The van der Waals surface area contributed by atoms with E-state index in [4.69, 9.17) is 9.26 Å². The maximum Gasteiger partial charge on any atom is 0.573 e. The molecule has 3 unspecified atom stereocenters. The van der Waals surface area contributed by atoms with Crippen LogP contribution in [-0.2, 0) is 11.3 Å². The predicted molar refractivity (Wildman–Crippen MR) is 138 cm³/mol. The summed E-state index contributed by atoms with van der Waals surface area (Å²) in [6, 6.07) is 9.46.